The molecule has 8 heteroatoms. The second-order valence-electron chi connectivity index (χ2n) is 6.36. The minimum absolute atomic E-state index is 0.149. The number of carbonyl (C=O) groups excluding carboxylic acids is 2. The number of ether oxygens (including phenoxy) is 2. The number of hydrogen-bond donors (Lipinski definition) is 2. The quantitative estimate of drug-likeness (QED) is 0.883. The lowest BCUT2D eigenvalue weighted by molar-refractivity contribution is 0.0635. The first-order valence-electron chi connectivity index (χ1n) is 7.74. The number of rotatable bonds is 4. The van der Waals surface area contributed by atoms with Gasteiger partial charge in [0.25, 0.3) is 0 Å². The topological polar surface area (TPSA) is 96.5 Å². The molecule has 0 saturated carbocycles. The summed E-state index contributed by atoms with van der Waals surface area (Å²) in [7, 11) is 1.53. The average Bonchev–Trinajstić information content (AvgIpc) is 2.99. The van der Waals surface area contributed by atoms with Gasteiger partial charge in [0.2, 0.25) is 0 Å². The van der Waals surface area contributed by atoms with E-state index in [4.69, 9.17) is 9.47 Å². The Bertz CT molecular complexity index is 722. The van der Waals surface area contributed by atoms with Crippen LogP contribution in [-0.2, 0) is 16.1 Å². The summed E-state index contributed by atoms with van der Waals surface area (Å²) in [6.07, 6.45) is 0.192. The zero-order chi connectivity index (χ0) is 18.4. The first-order chi connectivity index (χ1) is 11.8. The van der Waals surface area contributed by atoms with Gasteiger partial charge in [0.05, 0.1) is 6.20 Å². The van der Waals surface area contributed by atoms with Gasteiger partial charge in [0.1, 0.15) is 17.9 Å². The molecule has 0 aliphatic carbocycles. The van der Waals surface area contributed by atoms with Crippen LogP contribution in [0.5, 0.6) is 0 Å². The SMILES string of the molecule is CN(C(=O)OCc1ccccc1)c1cn[nH]c1NC(=O)OC(C)(C)C. The normalized spacial score (nSPS) is 10.9. The van der Waals surface area contributed by atoms with Crippen LogP contribution < -0.4 is 10.2 Å². The van der Waals surface area contributed by atoms with Crippen molar-refractivity contribution >= 4 is 23.7 Å². The maximum atomic E-state index is 12.2. The van der Waals surface area contributed by atoms with Gasteiger partial charge in [-0.15, -0.1) is 0 Å². The Labute approximate surface area is 146 Å². The Morgan fingerprint density at radius 2 is 1.92 bits per heavy atom. The summed E-state index contributed by atoms with van der Waals surface area (Å²) in [5.74, 6) is 0.244. The van der Waals surface area contributed by atoms with E-state index in [2.05, 4.69) is 15.5 Å². The Balaban J connectivity index is 1.97. The minimum Gasteiger partial charge on any atom is -0.444 e. The lowest BCUT2D eigenvalue weighted by atomic mass is 10.2. The number of nitrogens with zero attached hydrogens (tertiary/aromatic N) is 2. The van der Waals surface area contributed by atoms with Crippen LogP contribution >= 0.6 is 0 Å². The number of amides is 2. The molecule has 0 saturated heterocycles. The van der Waals surface area contributed by atoms with Crippen molar-refractivity contribution in [3.63, 3.8) is 0 Å². The van der Waals surface area contributed by atoms with E-state index >= 15 is 0 Å². The van der Waals surface area contributed by atoms with Crippen LogP contribution in [0.25, 0.3) is 0 Å². The maximum absolute atomic E-state index is 12.2. The summed E-state index contributed by atoms with van der Waals surface area (Å²) in [6, 6.07) is 9.34. The largest absolute Gasteiger partial charge is 0.444 e. The van der Waals surface area contributed by atoms with Gasteiger partial charge in [-0.05, 0) is 26.3 Å². The number of aromatic nitrogens is 2. The van der Waals surface area contributed by atoms with E-state index in [-0.39, 0.29) is 12.4 Å². The van der Waals surface area contributed by atoms with E-state index in [1.807, 2.05) is 30.3 Å². The summed E-state index contributed by atoms with van der Waals surface area (Å²) in [5, 5.41) is 9.00. The van der Waals surface area contributed by atoms with Crippen LogP contribution in [0.15, 0.2) is 36.5 Å². The van der Waals surface area contributed by atoms with Crippen LogP contribution in [0, 0.1) is 0 Å². The van der Waals surface area contributed by atoms with Gasteiger partial charge in [0, 0.05) is 7.05 Å². The summed E-state index contributed by atoms with van der Waals surface area (Å²) in [4.78, 5) is 25.3. The van der Waals surface area contributed by atoms with Crippen LogP contribution in [-0.4, -0.2) is 35.0 Å². The number of H-pyrrole nitrogens is 1. The molecule has 8 nitrogen and oxygen atoms in total. The van der Waals surface area contributed by atoms with Crippen molar-refractivity contribution in [2.24, 2.45) is 0 Å². The molecule has 2 aromatic rings. The molecule has 0 atom stereocenters. The van der Waals surface area contributed by atoms with Crippen LogP contribution in [0.3, 0.4) is 0 Å². The smallest absolute Gasteiger partial charge is 0.414 e. The van der Waals surface area contributed by atoms with E-state index < -0.39 is 17.8 Å². The Kier molecular flexibility index (Phi) is 5.63. The predicted octanol–water partition coefficient (Wildman–Crippen LogP) is 3.53. The highest BCUT2D eigenvalue weighted by Gasteiger charge is 2.22. The van der Waals surface area contributed by atoms with Crippen molar-refractivity contribution in [1.82, 2.24) is 10.2 Å². The molecule has 0 spiro atoms. The Hall–Kier alpha value is -3.03. The zero-order valence-electron chi connectivity index (χ0n) is 14.7. The lowest BCUT2D eigenvalue weighted by Gasteiger charge is -2.20. The fraction of sp³-hybridized carbons (Fsp3) is 0.353. The van der Waals surface area contributed by atoms with Crippen molar-refractivity contribution in [2.75, 3.05) is 17.3 Å². The molecular formula is C17H22N4O4. The van der Waals surface area contributed by atoms with Crippen molar-refractivity contribution < 1.29 is 19.1 Å². The molecule has 0 aliphatic rings. The van der Waals surface area contributed by atoms with Crippen molar-refractivity contribution in [1.29, 1.82) is 0 Å². The van der Waals surface area contributed by atoms with Crippen molar-refractivity contribution in [2.45, 2.75) is 33.0 Å². The number of benzene rings is 1. The fourth-order valence-corrected chi connectivity index (χ4v) is 1.95. The maximum Gasteiger partial charge on any atom is 0.414 e. The van der Waals surface area contributed by atoms with Gasteiger partial charge in [-0.1, -0.05) is 30.3 Å². The van der Waals surface area contributed by atoms with Gasteiger partial charge in [-0.2, -0.15) is 5.10 Å². The fourth-order valence-electron chi connectivity index (χ4n) is 1.95. The number of carbonyl (C=O) groups is 2. The van der Waals surface area contributed by atoms with E-state index in [0.29, 0.717) is 5.69 Å². The number of anilines is 2. The average molecular weight is 346 g/mol. The van der Waals surface area contributed by atoms with Gasteiger partial charge >= 0.3 is 12.2 Å². The van der Waals surface area contributed by atoms with Crippen LogP contribution in [0.2, 0.25) is 0 Å². The highest BCUT2D eigenvalue weighted by molar-refractivity contribution is 5.94. The highest BCUT2D eigenvalue weighted by Crippen LogP contribution is 2.23. The summed E-state index contributed by atoms with van der Waals surface area (Å²) >= 11 is 0. The van der Waals surface area contributed by atoms with Crippen LogP contribution in [0.1, 0.15) is 26.3 Å². The lowest BCUT2D eigenvalue weighted by Crippen LogP contribution is -2.30. The zero-order valence-corrected chi connectivity index (χ0v) is 14.7. The van der Waals surface area contributed by atoms with Crippen LogP contribution in [0.4, 0.5) is 21.1 Å². The van der Waals surface area contributed by atoms with Crippen molar-refractivity contribution in [3.05, 3.63) is 42.1 Å². The third-order valence-corrected chi connectivity index (χ3v) is 3.09. The second-order valence-corrected chi connectivity index (χ2v) is 6.36. The molecule has 134 valence electrons. The second kappa shape index (κ2) is 7.69. The minimum atomic E-state index is -0.649. The van der Waals surface area contributed by atoms with Gasteiger partial charge < -0.3 is 9.47 Å². The third-order valence-electron chi connectivity index (χ3n) is 3.09. The molecule has 0 fully saturated rings. The molecule has 0 radical (unpaired) electrons. The molecule has 1 aromatic carbocycles. The summed E-state index contributed by atoms with van der Waals surface area (Å²) < 4.78 is 10.4. The van der Waals surface area contributed by atoms with Gasteiger partial charge in [0.15, 0.2) is 5.82 Å². The van der Waals surface area contributed by atoms with E-state index in [9.17, 15) is 9.59 Å². The number of hydrogen-bond acceptors (Lipinski definition) is 5. The van der Waals surface area contributed by atoms with Gasteiger partial charge in [-0.25, -0.2) is 9.59 Å². The number of aromatic amines is 1. The molecule has 1 aromatic heterocycles. The molecule has 0 unspecified atom stereocenters. The van der Waals surface area contributed by atoms with Crippen molar-refractivity contribution in [3.8, 4) is 0 Å². The molecule has 2 rings (SSSR count). The predicted molar refractivity (Wildman–Crippen MR) is 93.5 cm³/mol. The highest BCUT2D eigenvalue weighted by atomic mass is 16.6. The molecule has 0 aliphatic heterocycles. The monoisotopic (exact) mass is 346 g/mol. The van der Waals surface area contributed by atoms with Gasteiger partial charge in [-0.3, -0.25) is 15.3 Å². The molecule has 2 amide bonds. The third kappa shape index (κ3) is 5.52. The summed E-state index contributed by atoms with van der Waals surface area (Å²) in [5.41, 5.74) is 0.609. The molecular weight excluding hydrogens is 324 g/mol. The van der Waals surface area contributed by atoms with E-state index in [1.165, 1.54) is 18.1 Å². The molecule has 1 heterocycles. The molecule has 2 N–H and O–H groups in total. The molecule has 25 heavy (non-hydrogen) atoms. The Morgan fingerprint density at radius 1 is 1.24 bits per heavy atom. The first-order valence-corrected chi connectivity index (χ1v) is 7.74. The van der Waals surface area contributed by atoms with E-state index in [1.54, 1.807) is 20.8 Å². The first kappa shape index (κ1) is 18.3. The number of nitrogens with one attached hydrogen (secondary N) is 2. The molecule has 0 bridgehead atoms. The Morgan fingerprint density at radius 3 is 2.56 bits per heavy atom. The standard InChI is InChI=1S/C17H22N4O4/c1-17(2,3)25-15(22)19-14-13(10-18-20-14)21(4)16(23)24-11-12-8-6-5-7-9-12/h5-10H,11H2,1-4H3,(H2,18,19,20,22). The summed E-state index contributed by atoms with van der Waals surface area (Å²) in [6.45, 7) is 5.42. The van der Waals surface area contributed by atoms with E-state index in [0.717, 1.165) is 5.56 Å².